The third-order valence-corrected chi connectivity index (χ3v) is 5.48. The fourth-order valence-corrected chi connectivity index (χ4v) is 3.94. The van der Waals surface area contributed by atoms with Gasteiger partial charge in [-0.1, -0.05) is 42.5 Å². The number of hydrogen-bond acceptors (Lipinski definition) is 5. The zero-order chi connectivity index (χ0) is 20.9. The zero-order valence-corrected chi connectivity index (χ0v) is 17.6. The Morgan fingerprint density at radius 3 is 2.47 bits per heavy atom. The van der Waals surface area contributed by atoms with Crippen LogP contribution in [0, 0.1) is 0 Å². The third kappa shape index (κ3) is 4.21. The number of fused-ring (bicyclic) bond motifs is 1. The number of nitrogens with one attached hydrogen (secondary N) is 1. The first kappa shape index (κ1) is 19.7. The molecule has 7 heteroatoms. The van der Waals surface area contributed by atoms with Crippen LogP contribution in [-0.4, -0.2) is 25.2 Å². The zero-order valence-electron chi connectivity index (χ0n) is 16.8. The number of nitrogens with zero attached hydrogens (tertiary/aromatic N) is 2. The number of thiazole rings is 1. The first-order valence-corrected chi connectivity index (χ1v) is 10.3. The van der Waals surface area contributed by atoms with E-state index < -0.39 is 0 Å². The van der Waals surface area contributed by atoms with Crippen LogP contribution in [0.15, 0.2) is 71.0 Å². The van der Waals surface area contributed by atoms with E-state index in [0.29, 0.717) is 23.2 Å². The summed E-state index contributed by atoms with van der Waals surface area (Å²) in [5.74, 6) is 1.69. The van der Waals surface area contributed by atoms with Crippen molar-refractivity contribution in [3.8, 4) is 22.8 Å². The van der Waals surface area contributed by atoms with Gasteiger partial charge in [0.15, 0.2) is 11.1 Å². The highest BCUT2D eigenvalue weighted by molar-refractivity contribution is 7.14. The molecule has 0 saturated heterocycles. The molecule has 1 aromatic heterocycles. The van der Waals surface area contributed by atoms with E-state index in [1.165, 1.54) is 22.1 Å². The summed E-state index contributed by atoms with van der Waals surface area (Å²) in [5.41, 5.74) is 8.88. The molecular formula is C23H22N4O2S. The summed E-state index contributed by atoms with van der Waals surface area (Å²) in [6.07, 6.45) is 0. The second-order valence-corrected chi connectivity index (χ2v) is 7.43. The average Bonchev–Trinajstić information content (AvgIpc) is 3.25. The van der Waals surface area contributed by atoms with Gasteiger partial charge in [0.2, 0.25) is 0 Å². The van der Waals surface area contributed by atoms with Gasteiger partial charge in [-0.15, -0.1) is 11.3 Å². The number of methoxy groups -OCH3 is 2. The van der Waals surface area contributed by atoms with Gasteiger partial charge in [-0.3, -0.25) is 0 Å². The maximum Gasteiger partial charge on any atom is 0.195 e. The monoisotopic (exact) mass is 418 g/mol. The minimum Gasteiger partial charge on any atom is -0.496 e. The lowest BCUT2D eigenvalue weighted by molar-refractivity contribution is 0.385. The molecule has 0 aliphatic rings. The van der Waals surface area contributed by atoms with Crippen LogP contribution in [-0.2, 0) is 6.54 Å². The lowest BCUT2D eigenvalue weighted by atomic mass is 10.1. The minimum absolute atomic E-state index is 0.280. The lowest BCUT2D eigenvalue weighted by Gasteiger charge is -2.11. The summed E-state index contributed by atoms with van der Waals surface area (Å²) in [6, 6.07) is 20.2. The molecule has 0 spiro atoms. The van der Waals surface area contributed by atoms with Gasteiger partial charge in [0, 0.05) is 10.9 Å². The molecular weight excluding hydrogens is 396 g/mol. The van der Waals surface area contributed by atoms with Gasteiger partial charge in [0.05, 0.1) is 32.0 Å². The van der Waals surface area contributed by atoms with Crippen LogP contribution < -0.4 is 20.5 Å². The predicted octanol–water partition coefficient (Wildman–Crippen LogP) is 4.91. The van der Waals surface area contributed by atoms with Gasteiger partial charge in [0.25, 0.3) is 0 Å². The summed E-state index contributed by atoms with van der Waals surface area (Å²) in [4.78, 5) is 9.07. The summed E-state index contributed by atoms with van der Waals surface area (Å²) >= 11 is 1.48. The van der Waals surface area contributed by atoms with Crippen LogP contribution in [0.4, 0.5) is 5.13 Å². The molecule has 6 nitrogen and oxygen atoms in total. The Bertz CT molecular complexity index is 1180. The summed E-state index contributed by atoms with van der Waals surface area (Å²) in [6.45, 7) is 0.328. The molecule has 4 aromatic rings. The van der Waals surface area contributed by atoms with Crippen molar-refractivity contribution in [2.24, 2.45) is 10.7 Å². The number of aliphatic imine (C=N–C) groups is 1. The van der Waals surface area contributed by atoms with Gasteiger partial charge in [-0.05, 0) is 29.0 Å². The van der Waals surface area contributed by atoms with Crippen molar-refractivity contribution in [2.75, 3.05) is 19.5 Å². The maximum absolute atomic E-state index is 6.08. The standard InChI is InChI=1S/C23H22N4O2S/c1-28-20-8-5-9-21(29-2)18(20)13-25-22(24)27-23-26-19(14-30-23)17-11-10-15-6-3-4-7-16(15)12-17/h3-12,14H,13H2,1-2H3,(H3,24,25,26,27). The van der Waals surface area contributed by atoms with Crippen molar-refractivity contribution in [1.82, 2.24) is 4.98 Å². The van der Waals surface area contributed by atoms with E-state index in [0.717, 1.165) is 16.8 Å². The summed E-state index contributed by atoms with van der Waals surface area (Å²) < 4.78 is 10.8. The molecule has 0 bridgehead atoms. The van der Waals surface area contributed by atoms with Crippen molar-refractivity contribution in [2.45, 2.75) is 6.54 Å². The van der Waals surface area contributed by atoms with E-state index in [2.05, 4.69) is 45.6 Å². The van der Waals surface area contributed by atoms with Crippen LogP contribution in [0.1, 0.15) is 5.56 Å². The predicted molar refractivity (Wildman–Crippen MR) is 124 cm³/mol. The summed E-state index contributed by atoms with van der Waals surface area (Å²) in [5, 5.41) is 8.15. The van der Waals surface area contributed by atoms with Gasteiger partial charge in [0.1, 0.15) is 11.5 Å². The van der Waals surface area contributed by atoms with E-state index in [1.54, 1.807) is 14.2 Å². The van der Waals surface area contributed by atoms with Crippen molar-refractivity contribution in [1.29, 1.82) is 0 Å². The Labute approximate surface area is 179 Å². The lowest BCUT2D eigenvalue weighted by Crippen LogP contribution is -2.22. The Morgan fingerprint density at radius 1 is 1.00 bits per heavy atom. The second kappa shape index (κ2) is 8.84. The number of guanidine groups is 1. The molecule has 0 fully saturated rings. The Hall–Kier alpha value is -3.58. The molecule has 152 valence electrons. The van der Waals surface area contributed by atoms with Gasteiger partial charge in [-0.2, -0.15) is 0 Å². The topological polar surface area (TPSA) is 81.8 Å². The molecule has 0 saturated carbocycles. The minimum atomic E-state index is 0.280. The average molecular weight is 419 g/mol. The van der Waals surface area contributed by atoms with E-state index in [-0.39, 0.29) is 5.96 Å². The molecule has 0 radical (unpaired) electrons. The summed E-state index contributed by atoms with van der Waals surface area (Å²) in [7, 11) is 3.24. The molecule has 4 rings (SSSR count). The number of ether oxygens (including phenoxy) is 2. The molecule has 1 heterocycles. The van der Waals surface area contributed by atoms with Crippen LogP contribution in [0.2, 0.25) is 0 Å². The van der Waals surface area contributed by atoms with E-state index >= 15 is 0 Å². The molecule has 0 atom stereocenters. The van der Waals surface area contributed by atoms with Crippen molar-refractivity contribution in [3.63, 3.8) is 0 Å². The molecule has 0 aliphatic carbocycles. The first-order valence-electron chi connectivity index (χ1n) is 9.39. The third-order valence-electron chi connectivity index (χ3n) is 4.72. The smallest absolute Gasteiger partial charge is 0.195 e. The highest BCUT2D eigenvalue weighted by atomic mass is 32.1. The number of aromatic nitrogens is 1. The highest BCUT2D eigenvalue weighted by Gasteiger charge is 2.10. The van der Waals surface area contributed by atoms with Crippen LogP contribution in [0.5, 0.6) is 11.5 Å². The molecule has 0 aliphatic heterocycles. The number of nitrogens with two attached hydrogens (primary N) is 1. The molecule has 3 N–H and O–H groups in total. The molecule has 3 aromatic carbocycles. The molecule has 0 unspecified atom stereocenters. The fourth-order valence-electron chi connectivity index (χ4n) is 3.21. The van der Waals surface area contributed by atoms with Crippen molar-refractivity contribution < 1.29 is 9.47 Å². The number of anilines is 1. The Kier molecular flexibility index (Phi) is 5.81. The fraction of sp³-hybridized carbons (Fsp3) is 0.130. The van der Waals surface area contributed by atoms with Gasteiger partial charge in [-0.25, -0.2) is 9.98 Å². The number of rotatable bonds is 6. The normalized spacial score (nSPS) is 11.5. The Balaban J connectivity index is 1.49. The number of benzene rings is 3. The largest absolute Gasteiger partial charge is 0.496 e. The van der Waals surface area contributed by atoms with Crippen LogP contribution in [0.3, 0.4) is 0 Å². The van der Waals surface area contributed by atoms with Gasteiger partial charge < -0.3 is 20.5 Å². The van der Waals surface area contributed by atoms with Gasteiger partial charge >= 0.3 is 0 Å². The van der Waals surface area contributed by atoms with Crippen molar-refractivity contribution in [3.05, 3.63) is 71.6 Å². The molecule has 0 amide bonds. The van der Waals surface area contributed by atoms with E-state index in [1.807, 2.05) is 35.7 Å². The maximum atomic E-state index is 6.08. The molecule has 30 heavy (non-hydrogen) atoms. The Morgan fingerprint density at radius 2 is 1.73 bits per heavy atom. The van der Waals surface area contributed by atoms with E-state index in [9.17, 15) is 0 Å². The quantitative estimate of drug-likeness (QED) is 0.344. The second-order valence-electron chi connectivity index (χ2n) is 6.57. The van der Waals surface area contributed by atoms with Crippen LogP contribution >= 0.6 is 11.3 Å². The van der Waals surface area contributed by atoms with Crippen molar-refractivity contribution >= 4 is 33.2 Å². The SMILES string of the molecule is COc1cccc(OC)c1CN=C(N)Nc1nc(-c2ccc3ccccc3c2)cs1. The first-order chi connectivity index (χ1) is 14.7. The number of hydrogen-bond donors (Lipinski definition) is 2. The highest BCUT2D eigenvalue weighted by Crippen LogP contribution is 2.29. The van der Waals surface area contributed by atoms with Crippen LogP contribution in [0.25, 0.3) is 22.0 Å². The van der Waals surface area contributed by atoms with E-state index in [4.69, 9.17) is 15.2 Å².